The van der Waals surface area contributed by atoms with E-state index in [1.54, 1.807) is 17.4 Å². The summed E-state index contributed by atoms with van der Waals surface area (Å²) in [6.07, 6.45) is 5.65. The molecule has 0 bridgehead atoms. The second-order valence-corrected chi connectivity index (χ2v) is 12.6. The summed E-state index contributed by atoms with van der Waals surface area (Å²) in [5.41, 5.74) is 4.29. The Morgan fingerprint density at radius 2 is 1.59 bits per heavy atom. The van der Waals surface area contributed by atoms with Gasteiger partial charge in [0.15, 0.2) is 0 Å². The molecule has 10 heteroatoms. The van der Waals surface area contributed by atoms with Crippen molar-refractivity contribution in [3.05, 3.63) is 156 Å². The van der Waals surface area contributed by atoms with E-state index < -0.39 is 23.7 Å². The van der Waals surface area contributed by atoms with Crippen LogP contribution in [-0.2, 0) is 33.6 Å². The number of allylic oxidation sites excluding steroid dienone is 1. The van der Waals surface area contributed by atoms with Crippen LogP contribution in [0.4, 0.5) is 13.2 Å². The number of hydrogen-bond donors (Lipinski definition) is 0. The minimum Gasteiger partial charge on any atom is -0.497 e. The van der Waals surface area contributed by atoms with Crippen molar-refractivity contribution in [3.8, 4) is 11.3 Å². The smallest absolute Gasteiger partial charge is 0.416 e. The van der Waals surface area contributed by atoms with Crippen LogP contribution in [0.1, 0.15) is 28.7 Å². The quantitative estimate of drug-likeness (QED) is 0.154. The molecule has 7 nitrogen and oxygen atoms in total. The fourth-order valence-corrected chi connectivity index (χ4v) is 6.20. The monoisotopic (exact) mass is 692 g/mol. The van der Waals surface area contributed by atoms with Crippen LogP contribution < -0.4 is 0 Å². The van der Waals surface area contributed by atoms with E-state index in [-0.39, 0.29) is 18.9 Å². The lowest BCUT2D eigenvalue weighted by Crippen LogP contribution is -2.55. The molecule has 3 aromatic carbocycles. The predicted octanol–water partition coefficient (Wildman–Crippen LogP) is 7.38. The number of hydrogen-bond acceptors (Lipinski definition) is 5. The molecule has 2 aliphatic rings. The van der Waals surface area contributed by atoms with Crippen molar-refractivity contribution in [2.75, 3.05) is 32.8 Å². The number of amides is 2. The van der Waals surface area contributed by atoms with Crippen LogP contribution in [0.5, 0.6) is 0 Å². The van der Waals surface area contributed by atoms with Crippen molar-refractivity contribution in [1.82, 2.24) is 19.7 Å². The molecule has 0 unspecified atom stereocenters. The van der Waals surface area contributed by atoms with E-state index in [4.69, 9.17) is 4.74 Å². The summed E-state index contributed by atoms with van der Waals surface area (Å²) in [7, 11) is 0. The molecule has 3 heterocycles. The van der Waals surface area contributed by atoms with Crippen LogP contribution >= 0.6 is 0 Å². The zero-order valence-corrected chi connectivity index (χ0v) is 28.1. The first-order valence-corrected chi connectivity index (χ1v) is 16.9. The van der Waals surface area contributed by atoms with Crippen LogP contribution in [0.15, 0.2) is 133 Å². The SMILES string of the molecule is O=C([C@H](CC1=CCOC=C1)N(Cc1ccc(-c2ccccn2)cc1)C(=O)/C=C/c1ccc(C(F)(F)F)cc1)N1CCN(Cc2ccccc2)CC1. The van der Waals surface area contributed by atoms with Gasteiger partial charge < -0.3 is 14.5 Å². The zero-order chi connectivity index (χ0) is 35.6. The van der Waals surface area contributed by atoms with Gasteiger partial charge in [-0.3, -0.25) is 19.5 Å². The van der Waals surface area contributed by atoms with Gasteiger partial charge in [0.05, 0.1) is 17.5 Å². The highest BCUT2D eigenvalue weighted by Crippen LogP contribution is 2.29. The van der Waals surface area contributed by atoms with Gasteiger partial charge in [0.1, 0.15) is 12.6 Å². The molecule has 1 fully saturated rings. The van der Waals surface area contributed by atoms with E-state index in [0.29, 0.717) is 38.3 Å². The van der Waals surface area contributed by atoms with Gasteiger partial charge in [-0.2, -0.15) is 13.2 Å². The highest BCUT2D eigenvalue weighted by molar-refractivity contribution is 5.96. The molecule has 0 radical (unpaired) electrons. The van der Waals surface area contributed by atoms with Crippen molar-refractivity contribution in [3.63, 3.8) is 0 Å². The van der Waals surface area contributed by atoms with Gasteiger partial charge in [-0.15, -0.1) is 0 Å². The number of benzene rings is 3. The van der Waals surface area contributed by atoms with E-state index >= 15 is 0 Å². The molecule has 0 spiro atoms. The number of halogens is 3. The first-order valence-electron chi connectivity index (χ1n) is 16.9. The molecule has 6 rings (SSSR count). The Kier molecular flexibility index (Phi) is 11.4. The lowest BCUT2D eigenvalue weighted by molar-refractivity contribution is -0.145. The summed E-state index contributed by atoms with van der Waals surface area (Å²) in [5, 5.41) is 0. The number of rotatable bonds is 11. The van der Waals surface area contributed by atoms with Crippen molar-refractivity contribution >= 4 is 17.9 Å². The molecule has 0 aliphatic carbocycles. The van der Waals surface area contributed by atoms with Gasteiger partial charge in [0, 0.05) is 63.5 Å². The summed E-state index contributed by atoms with van der Waals surface area (Å²) in [6.45, 7) is 3.71. The molecular weight excluding hydrogens is 653 g/mol. The number of pyridine rings is 1. The second-order valence-electron chi connectivity index (χ2n) is 12.6. The topological polar surface area (TPSA) is 66.0 Å². The number of alkyl halides is 3. The van der Waals surface area contributed by atoms with Gasteiger partial charge in [0.25, 0.3) is 0 Å². The maximum absolute atomic E-state index is 14.5. The average molecular weight is 693 g/mol. The third-order valence-electron chi connectivity index (χ3n) is 9.05. The molecule has 0 N–H and O–H groups in total. The number of nitrogens with zero attached hydrogens (tertiary/aromatic N) is 4. The lowest BCUT2D eigenvalue weighted by Gasteiger charge is -2.39. The van der Waals surface area contributed by atoms with Crippen molar-refractivity contribution < 1.29 is 27.5 Å². The van der Waals surface area contributed by atoms with Gasteiger partial charge in [-0.05, 0) is 64.8 Å². The molecule has 1 atom stereocenters. The maximum atomic E-state index is 14.5. The molecule has 51 heavy (non-hydrogen) atoms. The van der Waals surface area contributed by atoms with E-state index in [2.05, 4.69) is 22.0 Å². The van der Waals surface area contributed by atoms with Gasteiger partial charge in [-0.25, -0.2) is 0 Å². The number of piperazine rings is 1. The summed E-state index contributed by atoms with van der Waals surface area (Å²) in [4.78, 5) is 38.8. The fourth-order valence-electron chi connectivity index (χ4n) is 6.20. The highest BCUT2D eigenvalue weighted by Gasteiger charge is 2.35. The van der Waals surface area contributed by atoms with E-state index in [1.807, 2.05) is 77.7 Å². The zero-order valence-electron chi connectivity index (χ0n) is 28.1. The summed E-state index contributed by atoms with van der Waals surface area (Å²) in [6, 6.07) is 27.4. The van der Waals surface area contributed by atoms with Crippen LogP contribution in [0, 0.1) is 0 Å². The van der Waals surface area contributed by atoms with Crippen molar-refractivity contribution in [1.29, 1.82) is 0 Å². The van der Waals surface area contributed by atoms with Crippen molar-refractivity contribution in [2.24, 2.45) is 0 Å². The third kappa shape index (κ3) is 9.61. The lowest BCUT2D eigenvalue weighted by atomic mass is 10.00. The molecule has 1 aromatic heterocycles. The Labute approximate surface area is 296 Å². The molecular formula is C41H39F3N4O3. The van der Waals surface area contributed by atoms with Crippen LogP contribution in [0.25, 0.3) is 17.3 Å². The molecule has 2 aliphatic heterocycles. The number of carbonyl (C=O) groups excluding carboxylic acids is 2. The summed E-state index contributed by atoms with van der Waals surface area (Å²) < 4.78 is 44.8. The highest BCUT2D eigenvalue weighted by atomic mass is 19.4. The Morgan fingerprint density at radius 1 is 0.863 bits per heavy atom. The van der Waals surface area contributed by atoms with Gasteiger partial charge >= 0.3 is 6.18 Å². The van der Waals surface area contributed by atoms with E-state index in [9.17, 15) is 22.8 Å². The number of aromatic nitrogens is 1. The molecule has 0 saturated carbocycles. The van der Waals surface area contributed by atoms with E-state index in [1.165, 1.54) is 29.8 Å². The normalized spacial score (nSPS) is 15.7. The first-order chi connectivity index (χ1) is 24.7. The number of carbonyl (C=O) groups is 2. The first kappa shape index (κ1) is 35.3. The summed E-state index contributed by atoms with van der Waals surface area (Å²) >= 11 is 0. The Morgan fingerprint density at radius 3 is 2.24 bits per heavy atom. The standard InChI is InChI=1S/C41H39F3N4O3/c42-41(43,44)36-16-11-31(12-17-36)13-18-39(49)48(30-34-9-14-35(15-10-34)37-8-4-5-21-45-37)38(28-32-19-26-51-27-20-32)40(50)47-24-22-46(23-25-47)29-33-6-2-1-3-7-33/h1-21,26,38H,22-25,27-30H2/b18-13+/t38-/m0/s1. The second kappa shape index (κ2) is 16.5. The van der Waals surface area contributed by atoms with Crippen LogP contribution in [-0.4, -0.2) is 70.3 Å². The fraction of sp³-hybridized carbons (Fsp3) is 0.244. The average Bonchev–Trinajstić information content (AvgIpc) is 3.16. The molecule has 2 amide bonds. The number of ether oxygens (including phenoxy) is 1. The Hall–Kier alpha value is -5.48. The minimum atomic E-state index is -4.46. The predicted molar refractivity (Wildman–Crippen MR) is 191 cm³/mol. The molecule has 1 saturated heterocycles. The van der Waals surface area contributed by atoms with Gasteiger partial charge in [0.2, 0.25) is 11.8 Å². The minimum absolute atomic E-state index is 0.135. The Balaban J connectivity index is 1.27. The van der Waals surface area contributed by atoms with Crippen molar-refractivity contribution in [2.45, 2.75) is 31.7 Å². The third-order valence-corrected chi connectivity index (χ3v) is 9.05. The summed E-state index contributed by atoms with van der Waals surface area (Å²) in [5.74, 6) is -0.585. The molecule has 4 aromatic rings. The molecule has 262 valence electrons. The largest absolute Gasteiger partial charge is 0.497 e. The van der Waals surface area contributed by atoms with Crippen LogP contribution in [0.2, 0.25) is 0 Å². The maximum Gasteiger partial charge on any atom is 0.416 e. The Bertz CT molecular complexity index is 1850. The van der Waals surface area contributed by atoms with Crippen LogP contribution in [0.3, 0.4) is 0 Å². The van der Waals surface area contributed by atoms with E-state index in [0.717, 1.165) is 41.1 Å². The van der Waals surface area contributed by atoms with Gasteiger partial charge in [-0.1, -0.05) is 72.8 Å².